The van der Waals surface area contributed by atoms with E-state index in [0.717, 1.165) is 51.4 Å². The van der Waals surface area contributed by atoms with Gasteiger partial charge in [0.1, 0.15) is 0 Å². The lowest BCUT2D eigenvalue weighted by Gasteiger charge is -2.35. The van der Waals surface area contributed by atoms with Crippen molar-refractivity contribution in [3.05, 3.63) is 53.7 Å². The van der Waals surface area contributed by atoms with Gasteiger partial charge >= 0.3 is 0 Å². The van der Waals surface area contributed by atoms with Gasteiger partial charge in [0, 0.05) is 38.8 Å². The molecule has 0 unspecified atom stereocenters. The predicted molar refractivity (Wildman–Crippen MR) is 96.5 cm³/mol. The monoisotopic (exact) mass is 337 g/mol. The largest absolute Gasteiger partial charge is 0.353 e. The van der Waals surface area contributed by atoms with E-state index in [4.69, 9.17) is 0 Å². The van der Waals surface area contributed by atoms with Crippen molar-refractivity contribution in [1.82, 2.24) is 20.4 Å². The molecule has 2 aromatic rings. The number of anilines is 1. The van der Waals surface area contributed by atoms with E-state index in [1.807, 2.05) is 6.07 Å². The van der Waals surface area contributed by atoms with Crippen molar-refractivity contribution in [2.24, 2.45) is 0 Å². The van der Waals surface area contributed by atoms with Gasteiger partial charge in [-0.3, -0.25) is 9.69 Å². The second-order valence-corrected chi connectivity index (χ2v) is 6.77. The zero-order valence-electron chi connectivity index (χ0n) is 14.3. The molecule has 1 saturated heterocycles. The number of benzene rings is 1. The van der Waals surface area contributed by atoms with Crippen LogP contribution in [0, 0.1) is 0 Å². The predicted octanol–water partition coefficient (Wildman–Crippen LogP) is 1.69. The maximum Gasteiger partial charge on any atom is 0.272 e. The highest BCUT2D eigenvalue weighted by Crippen LogP contribution is 2.19. The second kappa shape index (κ2) is 7.19. The Hall–Kier alpha value is -2.47. The molecule has 4 rings (SSSR count). The summed E-state index contributed by atoms with van der Waals surface area (Å²) in [5, 5.41) is 11.3. The summed E-state index contributed by atoms with van der Waals surface area (Å²) in [7, 11) is 0. The normalized spacial score (nSPS) is 18.2. The molecule has 1 saturated carbocycles. The first kappa shape index (κ1) is 16.0. The molecule has 1 amide bonds. The minimum atomic E-state index is -0.116. The molecule has 0 atom stereocenters. The van der Waals surface area contributed by atoms with Crippen LogP contribution in [0.15, 0.2) is 42.5 Å². The highest BCUT2D eigenvalue weighted by Gasteiger charge is 2.25. The summed E-state index contributed by atoms with van der Waals surface area (Å²) >= 11 is 0. The van der Waals surface area contributed by atoms with Crippen LogP contribution in [0.5, 0.6) is 0 Å². The average molecular weight is 337 g/mol. The molecule has 2 aliphatic rings. The van der Waals surface area contributed by atoms with E-state index < -0.39 is 0 Å². The number of hydrogen-bond donors (Lipinski definition) is 1. The summed E-state index contributed by atoms with van der Waals surface area (Å²) in [6.45, 7) is 4.84. The summed E-state index contributed by atoms with van der Waals surface area (Å²) in [5.41, 5.74) is 1.75. The van der Waals surface area contributed by atoms with E-state index in [1.165, 1.54) is 5.56 Å². The molecule has 2 heterocycles. The first-order valence-electron chi connectivity index (χ1n) is 8.94. The van der Waals surface area contributed by atoms with Crippen LogP contribution in [0.4, 0.5) is 5.82 Å². The van der Waals surface area contributed by atoms with Crippen molar-refractivity contribution in [3.63, 3.8) is 0 Å². The highest BCUT2D eigenvalue weighted by atomic mass is 16.2. The van der Waals surface area contributed by atoms with Crippen molar-refractivity contribution in [1.29, 1.82) is 0 Å². The third kappa shape index (κ3) is 4.14. The minimum absolute atomic E-state index is 0.116. The van der Waals surface area contributed by atoms with Crippen LogP contribution in [-0.4, -0.2) is 53.2 Å². The summed E-state index contributed by atoms with van der Waals surface area (Å²) in [6.07, 6.45) is 2.15. The molecule has 1 aliphatic carbocycles. The number of aromatic nitrogens is 2. The number of nitrogens with one attached hydrogen (secondary N) is 1. The lowest BCUT2D eigenvalue weighted by Crippen LogP contribution is -2.46. The molecular formula is C19H23N5O. The number of amides is 1. The summed E-state index contributed by atoms with van der Waals surface area (Å²) in [6, 6.07) is 14.6. The lowest BCUT2D eigenvalue weighted by molar-refractivity contribution is 0.0945. The van der Waals surface area contributed by atoms with Crippen LogP contribution in [0.1, 0.15) is 28.9 Å². The minimum Gasteiger partial charge on any atom is -0.353 e. The number of nitrogens with zero attached hydrogens (tertiary/aromatic N) is 4. The molecule has 1 aromatic heterocycles. The maximum atomic E-state index is 12.0. The Bertz CT molecular complexity index is 706. The zero-order valence-corrected chi connectivity index (χ0v) is 14.3. The SMILES string of the molecule is O=C(NC1CC1)c1ccc(N2CCN(Cc3ccccc3)CC2)nn1. The molecule has 0 radical (unpaired) electrons. The van der Waals surface area contributed by atoms with Crippen molar-refractivity contribution in [2.45, 2.75) is 25.4 Å². The number of rotatable bonds is 5. The van der Waals surface area contributed by atoms with Gasteiger partial charge in [0.25, 0.3) is 5.91 Å². The summed E-state index contributed by atoms with van der Waals surface area (Å²) in [5.74, 6) is 0.733. The fraction of sp³-hybridized carbons (Fsp3) is 0.421. The number of piperazine rings is 1. The quantitative estimate of drug-likeness (QED) is 0.900. The van der Waals surface area contributed by atoms with Gasteiger partial charge in [-0.1, -0.05) is 30.3 Å². The van der Waals surface area contributed by atoms with Crippen LogP contribution < -0.4 is 10.2 Å². The van der Waals surface area contributed by atoms with Crippen molar-refractivity contribution in [3.8, 4) is 0 Å². The van der Waals surface area contributed by atoms with Crippen LogP contribution in [0.25, 0.3) is 0 Å². The van der Waals surface area contributed by atoms with Gasteiger partial charge in [0.15, 0.2) is 11.5 Å². The molecule has 0 spiro atoms. The smallest absolute Gasteiger partial charge is 0.272 e. The molecular weight excluding hydrogens is 314 g/mol. The van der Waals surface area contributed by atoms with Gasteiger partial charge in [-0.2, -0.15) is 0 Å². The van der Waals surface area contributed by atoms with Crippen LogP contribution >= 0.6 is 0 Å². The fourth-order valence-electron chi connectivity index (χ4n) is 3.08. The topological polar surface area (TPSA) is 61.4 Å². The first-order chi connectivity index (χ1) is 12.3. The standard InChI is InChI=1S/C19H23N5O/c25-19(20-16-6-7-16)17-8-9-18(22-21-17)24-12-10-23(11-13-24)14-15-4-2-1-3-5-15/h1-5,8-9,16H,6-7,10-14H2,(H,20,25). The van der Waals surface area contributed by atoms with E-state index in [9.17, 15) is 4.79 Å². The Morgan fingerprint density at radius 2 is 1.76 bits per heavy atom. The van der Waals surface area contributed by atoms with Crippen LogP contribution in [-0.2, 0) is 6.54 Å². The molecule has 6 heteroatoms. The second-order valence-electron chi connectivity index (χ2n) is 6.77. The maximum absolute atomic E-state index is 12.0. The Morgan fingerprint density at radius 1 is 1.00 bits per heavy atom. The van der Waals surface area contributed by atoms with Crippen molar-refractivity contribution in [2.75, 3.05) is 31.1 Å². The molecule has 2 fully saturated rings. The van der Waals surface area contributed by atoms with Crippen LogP contribution in [0.2, 0.25) is 0 Å². The number of carbonyl (C=O) groups excluding carboxylic acids is 1. The van der Waals surface area contributed by atoms with Gasteiger partial charge in [0.05, 0.1) is 0 Å². The molecule has 25 heavy (non-hydrogen) atoms. The molecule has 1 aromatic carbocycles. The highest BCUT2D eigenvalue weighted by molar-refractivity contribution is 5.92. The Labute approximate surface area is 147 Å². The average Bonchev–Trinajstić information content (AvgIpc) is 3.47. The summed E-state index contributed by atoms with van der Waals surface area (Å²) in [4.78, 5) is 16.7. The van der Waals surface area contributed by atoms with Gasteiger partial charge in [-0.25, -0.2) is 0 Å². The van der Waals surface area contributed by atoms with E-state index >= 15 is 0 Å². The van der Waals surface area contributed by atoms with Gasteiger partial charge in [-0.05, 0) is 30.5 Å². The lowest BCUT2D eigenvalue weighted by atomic mass is 10.2. The first-order valence-corrected chi connectivity index (χ1v) is 8.94. The van der Waals surface area contributed by atoms with Crippen molar-refractivity contribution >= 4 is 11.7 Å². The van der Waals surface area contributed by atoms with Gasteiger partial charge < -0.3 is 10.2 Å². The van der Waals surface area contributed by atoms with E-state index in [1.54, 1.807) is 6.07 Å². The Balaban J connectivity index is 1.30. The molecule has 1 N–H and O–H groups in total. The summed E-state index contributed by atoms with van der Waals surface area (Å²) < 4.78 is 0. The third-order valence-electron chi connectivity index (χ3n) is 4.74. The zero-order chi connectivity index (χ0) is 17.1. The Kier molecular flexibility index (Phi) is 4.61. The number of carbonyl (C=O) groups is 1. The van der Waals surface area contributed by atoms with E-state index in [0.29, 0.717) is 11.7 Å². The van der Waals surface area contributed by atoms with E-state index in [-0.39, 0.29) is 5.91 Å². The van der Waals surface area contributed by atoms with Crippen LogP contribution in [0.3, 0.4) is 0 Å². The molecule has 130 valence electrons. The third-order valence-corrected chi connectivity index (χ3v) is 4.74. The molecule has 6 nitrogen and oxygen atoms in total. The fourth-order valence-corrected chi connectivity index (χ4v) is 3.08. The molecule has 1 aliphatic heterocycles. The number of hydrogen-bond acceptors (Lipinski definition) is 5. The molecule has 0 bridgehead atoms. The van der Waals surface area contributed by atoms with Gasteiger partial charge in [0.2, 0.25) is 0 Å². The van der Waals surface area contributed by atoms with Gasteiger partial charge in [-0.15, -0.1) is 10.2 Å². The van der Waals surface area contributed by atoms with E-state index in [2.05, 4.69) is 55.6 Å². The Morgan fingerprint density at radius 3 is 2.40 bits per heavy atom. The van der Waals surface area contributed by atoms with Crippen molar-refractivity contribution < 1.29 is 4.79 Å².